The molecule has 1 unspecified atom stereocenters. The number of carbonyl (C=O) groups excluding carboxylic acids is 2. The zero-order valence-electron chi connectivity index (χ0n) is 19.6. The maximum Gasteiger partial charge on any atom is 0.300 e. The molecule has 1 aliphatic heterocycles. The van der Waals surface area contributed by atoms with Crippen molar-refractivity contribution in [3.63, 3.8) is 0 Å². The minimum absolute atomic E-state index is 0.00123. The topological polar surface area (TPSA) is 81.0 Å². The predicted molar refractivity (Wildman–Crippen MR) is 134 cm³/mol. The highest BCUT2D eigenvalue weighted by molar-refractivity contribution is 6.52. The van der Waals surface area contributed by atoms with Crippen LogP contribution >= 0.6 is 0 Å². The lowest BCUT2D eigenvalue weighted by molar-refractivity contribution is -0.132. The summed E-state index contributed by atoms with van der Waals surface area (Å²) >= 11 is 0. The van der Waals surface area contributed by atoms with Crippen molar-refractivity contribution in [2.45, 2.75) is 6.04 Å². The van der Waals surface area contributed by atoms with Gasteiger partial charge in [-0.25, -0.2) is 0 Å². The summed E-state index contributed by atoms with van der Waals surface area (Å²) < 4.78 is 12.7. The van der Waals surface area contributed by atoms with Gasteiger partial charge < -0.3 is 19.1 Å². The molecule has 1 N–H and O–H groups in total. The van der Waals surface area contributed by atoms with Gasteiger partial charge in [0.1, 0.15) is 17.3 Å². The maximum absolute atomic E-state index is 13.5. The van der Waals surface area contributed by atoms with E-state index in [4.69, 9.17) is 9.47 Å². The average molecular weight is 469 g/mol. The molecule has 0 saturated carbocycles. The van der Waals surface area contributed by atoms with Crippen LogP contribution in [0.1, 0.15) is 17.2 Å². The average Bonchev–Trinajstić information content (AvgIpc) is 3.36. The predicted octanol–water partition coefficient (Wildman–Crippen LogP) is 4.82. The van der Waals surface area contributed by atoms with E-state index in [1.165, 1.54) is 19.1 Å². The monoisotopic (exact) mass is 468 g/mol. The van der Waals surface area contributed by atoms with Crippen LogP contribution in [0.5, 0.6) is 11.5 Å². The fourth-order valence-electron chi connectivity index (χ4n) is 4.73. The molecule has 4 aromatic rings. The number of aromatic nitrogens is 1. The lowest BCUT2D eigenvalue weighted by Gasteiger charge is -2.25. The summed E-state index contributed by atoms with van der Waals surface area (Å²) in [5.74, 6) is -0.842. The summed E-state index contributed by atoms with van der Waals surface area (Å²) in [4.78, 5) is 28.4. The second-order valence-electron chi connectivity index (χ2n) is 8.28. The quantitative estimate of drug-likeness (QED) is 0.258. The molecule has 0 aliphatic carbocycles. The van der Waals surface area contributed by atoms with Gasteiger partial charge in [-0.3, -0.25) is 14.5 Å². The first-order chi connectivity index (χ1) is 17.0. The molecular weight excluding hydrogens is 444 g/mol. The number of ether oxygens (including phenoxy) is 2. The number of rotatable bonds is 5. The highest BCUT2D eigenvalue weighted by Gasteiger charge is 2.48. The number of hydrogen-bond acceptors (Lipinski definition) is 5. The van der Waals surface area contributed by atoms with Crippen LogP contribution in [-0.4, -0.2) is 35.6 Å². The van der Waals surface area contributed by atoms with Crippen LogP contribution in [0.15, 0.2) is 84.6 Å². The van der Waals surface area contributed by atoms with Crippen LogP contribution < -0.4 is 14.4 Å². The van der Waals surface area contributed by atoms with Crippen molar-refractivity contribution in [1.82, 2.24) is 4.57 Å². The number of Topliss-reactive ketones (excluding diaryl/α,β-unsaturated/α-hetero) is 1. The summed E-state index contributed by atoms with van der Waals surface area (Å²) in [6.07, 6.45) is 1.89. The van der Waals surface area contributed by atoms with Gasteiger partial charge in [-0.05, 0) is 30.3 Å². The molecule has 2 heterocycles. The second kappa shape index (κ2) is 8.68. The Morgan fingerprint density at radius 1 is 0.914 bits per heavy atom. The van der Waals surface area contributed by atoms with Gasteiger partial charge in [0, 0.05) is 41.5 Å². The molecule has 5 rings (SSSR count). The lowest BCUT2D eigenvalue weighted by Crippen LogP contribution is -2.29. The maximum atomic E-state index is 13.5. The molecule has 1 fully saturated rings. The van der Waals surface area contributed by atoms with Gasteiger partial charge >= 0.3 is 0 Å². The summed E-state index contributed by atoms with van der Waals surface area (Å²) in [6, 6.07) is 20.7. The van der Waals surface area contributed by atoms with E-state index in [1.807, 2.05) is 42.1 Å². The van der Waals surface area contributed by atoms with Crippen LogP contribution in [0.2, 0.25) is 0 Å². The number of methoxy groups -OCH3 is 2. The number of benzene rings is 3. The molecule has 0 spiro atoms. The molecule has 35 heavy (non-hydrogen) atoms. The number of para-hydroxylation sites is 2. The summed E-state index contributed by atoms with van der Waals surface area (Å²) in [7, 11) is 4.93. The van der Waals surface area contributed by atoms with E-state index in [0.29, 0.717) is 22.7 Å². The highest BCUT2D eigenvalue weighted by atomic mass is 16.5. The minimum atomic E-state index is -0.863. The minimum Gasteiger partial charge on any atom is -0.507 e. The molecule has 1 saturated heterocycles. The van der Waals surface area contributed by atoms with E-state index in [0.717, 1.165) is 16.5 Å². The smallest absolute Gasteiger partial charge is 0.300 e. The number of hydrogen-bond donors (Lipinski definition) is 1. The van der Waals surface area contributed by atoms with Crippen molar-refractivity contribution in [3.05, 3.63) is 95.7 Å². The van der Waals surface area contributed by atoms with Gasteiger partial charge in [-0.1, -0.05) is 36.4 Å². The number of amides is 1. The standard InChI is InChI=1S/C28H24N2O5/c1-29-16-21(19-11-4-6-13-22(19)29)25-24(26(31)20-12-5-7-14-23(20)35-3)27(32)28(33)30(25)17-9-8-10-18(15-17)34-2/h4-16,25,31H,1-3H3/b26-24+. The Balaban J connectivity index is 1.82. The number of aliphatic hydroxyl groups is 1. The van der Waals surface area contributed by atoms with Crippen molar-refractivity contribution in [3.8, 4) is 11.5 Å². The molecule has 3 aromatic carbocycles. The van der Waals surface area contributed by atoms with E-state index < -0.39 is 17.7 Å². The van der Waals surface area contributed by atoms with Crippen LogP contribution in [-0.2, 0) is 16.6 Å². The first-order valence-corrected chi connectivity index (χ1v) is 11.1. The van der Waals surface area contributed by atoms with Crippen molar-refractivity contribution in [2.75, 3.05) is 19.1 Å². The number of anilines is 1. The van der Waals surface area contributed by atoms with E-state index >= 15 is 0 Å². The van der Waals surface area contributed by atoms with Gasteiger partial charge in [0.05, 0.1) is 31.4 Å². The largest absolute Gasteiger partial charge is 0.507 e. The fourth-order valence-corrected chi connectivity index (χ4v) is 4.73. The highest BCUT2D eigenvalue weighted by Crippen LogP contribution is 2.45. The molecule has 176 valence electrons. The number of aryl methyl sites for hydroxylation is 1. The fraction of sp³-hybridized carbons (Fsp3) is 0.143. The Bertz CT molecular complexity index is 1500. The van der Waals surface area contributed by atoms with Crippen LogP contribution in [0.4, 0.5) is 5.69 Å². The number of carbonyl (C=O) groups is 2. The number of ketones is 1. The van der Waals surface area contributed by atoms with Gasteiger partial charge in [0.15, 0.2) is 0 Å². The van der Waals surface area contributed by atoms with Gasteiger partial charge in [0.25, 0.3) is 11.7 Å². The Kier molecular flexibility index (Phi) is 5.53. The Morgan fingerprint density at radius 2 is 1.66 bits per heavy atom. The Labute approximate surface area is 202 Å². The summed E-state index contributed by atoms with van der Waals surface area (Å²) in [5, 5.41) is 12.3. The zero-order chi connectivity index (χ0) is 24.7. The summed E-state index contributed by atoms with van der Waals surface area (Å²) in [5.41, 5.74) is 2.49. The van der Waals surface area contributed by atoms with Gasteiger partial charge in [-0.2, -0.15) is 0 Å². The molecule has 7 heteroatoms. The van der Waals surface area contributed by atoms with Crippen LogP contribution in [0.25, 0.3) is 16.7 Å². The van der Waals surface area contributed by atoms with Crippen LogP contribution in [0, 0.1) is 0 Å². The number of aliphatic hydroxyl groups excluding tert-OH is 1. The molecule has 0 bridgehead atoms. The van der Waals surface area contributed by atoms with Gasteiger partial charge in [0.2, 0.25) is 0 Å². The molecule has 7 nitrogen and oxygen atoms in total. The third kappa shape index (κ3) is 3.52. The van der Waals surface area contributed by atoms with E-state index in [2.05, 4.69) is 0 Å². The van der Waals surface area contributed by atoms with Crippen molar-refractivity contribution >= 4 is 34.0 Å². The Morgan fingerprint density at radius 3 is 2.43 bits per heavy atom. The van der Waals surface area contributed by atoms with Crippen molar-refractivity contribution in [1.29, 1.82) is 0 Å². The number of fused-ring (bicyclic) bond motifs is 1. The summed E-state index contributed by atoms with van der Waals surface area (Å²) in [6.45, 7) is 0. The zero-order valence-corrected chi connectivity index (χ0v) is 19.6. The molecule has 1 aliphatic rings. The molecule has 1 aromatic heterocycles. The molecular formula is C28H24N2O5. The van der Waals surface area contributed by atoms with E-state index in [-0.39, 0.29) is 11.3 Å². The molecule has 1 atom stereocenters. The first-order valence-electron chi connectivity index (χ1n) is 11.1. The van der Waals surface area contributed by atoms with Crippen LogP contribution in [0.3, 0.4) is 0 Å². The van der Waals surface area contributed by atoms with Crippen molar-refractivity contribution < 1.29 is 24.2 Å². The third-order valence-corrected chi connectivity index (χ3v) is 6.36. The van der Waals surface area contributed by atoms with Gasteiger partial charge in [-0.15, -0.1) is 0 Å². The second-order valence-corrected chi connectivity index (χ2v) is 8.28. The van der Waals surface area contributed by atoms with E-state index in [9.17, 15) is 14.7 Å². The SMILES string of the molecule is COc1cccc(N2C(=O)C(=O)/C(=C(/O)c3ccccc3OC)C2c2cn(C)c3ccccc23)c1. The van der Waals surface area contributed by atoms with E-state index in [1.54, 1.807) is 48.5 Å². The lowest BCUT2D eigenvalue weighted by atomic mass is 9.94. The molecule has 0 radical (unpaired) electrons. The number of nitrogens with zero attached hydrogens (tertiary/aromatic N) is 2. The normalized spacial score (nSPS) is 17.2. The third-order valence-electron chi connectivity index (χ3n) is 6.36. The molecule has 1 amide bonds. The Hall–Kier alpha value is -4.52. The first kappa shape index (κ1) is 22.3. The van der Waals surface area contributed by atoms with Crippen molar-refractivity contribution in [2.24, 2.45) is 7.05 Å².